The zero-order valence-corrected chi connectivity index (χ0v) is 9.26. The first kappa shape index (κ1) is 12.4. The van der Waals surface area contributed by atoms with Crippen molar-refractivity contribution >= 4 is 5.97 Å². The van der Waals surface area contributed by atoms with Crippen molar-refractivity contribution in [2.75, 3.05) is 13.1 Å². The van der Waals surface area contributed by atoms with E-state index in [4.69, 9.17) is 5.11 Å². The third kappa shape index (κ3) is 2.87. The second kappa shape index (κ2) is 3.70. The Balaban J connectivity index is 2.47. The summed E-state index contributed by atoms with van der Waals surface area (Å²) >= 11 is 0. The summed E-state index contributed by atoms with van der Waals surface area (Å²) in [5.41, 5.74) is -0.115. The second-order valence-corrected chi connectivity index (χ2v) is 5.10. The van der Waals surface area contributed by atoms with Gasteiger partial charge in [-0.2, -0.15) is 0 Å². The van der Waals surface area contributed by atoms with Gasteiger partial charge in [0.25, 0.3) is 5.92 Å². The molecule has 0 radical (unpaired) electrons. The summed E-state index contributed by atoms with van der Waals surface area (Å²) in [4.78, 5) is 12.2. The van der Waals surface area contributed by atoms with E-state index < -0.39 is 24.2 Å². The molecule has 0 amide bonds. The summed E-state index contributed by atoms with van der Waals surface area (Å²) in [6, 6.07) is 0. The van der Waals surface area contributed by atoms with Gasteiger partial charge in [0.15, 0.2) is 0 Å². The number of rotatable bonds is 3. The topological polar surface area (TPSA) is 40.5 Å². The molecule has 3 nitrogen and oxygen atoms in total. The summed E-state index contributed by atoms with van der Waals surface area (Å²) in [5, 5.41) is 8.35. The minimum Gasteiger partial charge on any atom is -0.481 e. The van der Waals surface area contributed by atoms with Crippen LogP contribution in [0, 0.1) is 5.92 Å². The molecule has 15 heavy (non-hydrogen) atoms. The zero-order chi connectivity index (χ0) is 11.9. The van der Waals surface area contributed by atoms with E-state index in [1.165, 1.54) is 0 Å². The lowest BCUT2D eigenvalue weighted by Gasteiger charge is -2.49. The van der Waals surface area contributed by atoms with Gasteiger partial charge in [-0.15, -0.1) is 0 Å². The van der Waals surface area contributed by atoms with Crippen molar-refractivity contribution in [1.29, 1.82) is 0 Å². The van der Waals surface area contributed by atoms with Crippen LogP contribution >= 0.6 is 0 Å². The number of likely N-dealkylation sites (tertiary alicyclic amines) is 1. The van der Waals surface area contributed by atoms with Crippen molar-refractivity contribution in [3.8, 4) is 0 Å². The standard InChI is InChI=1S/C10H17F2NO2/c1-9(2,3)13-5-7(6-13)10(11,12)4-8(14)15/h7H,4-6H2,1-3H3,(H,14,15). The van der Waals surface area contributed by atoms with Crippen molar-refractivity contribution in [3.63, 3.8) is 0 Å². The average molecular weight is 221 g/mol. The summed E-state index contributed by atoms with van der Waals surface area (Å²) in [6.45, 7) is 6.43. The molecule has 0 aromatic rings. The first-order chi connectivity index (χ1) is 6.63. The third-order valence-corrected chi connectivity index (χ3v) is 2.81. The predicted octanol–water partition coefficient (Wildman–Crippen LogP) is 1.83. The van der Waals surface area contributed by atoms with Crippen LogP contribution in [0.15, 0.2) is 0 Å². The number of nitrogens with zero attached hydrogens (tertiary/aromatic N) is 1. The second-order valence-electron chi connectivity index (χ2n) is 5.10. The predicted molar refractivity (Wildman–Crippen MR) is 52.0 cm³/mol. The Hall–Kier alpha value is -0.710. The van der Waals surface area contributed by atoms with Gasteiger partial charge in [0, 0.05) is 24.5 Å². The maximum atomic E-state index is 13.3. The SMILES string of the molecule is CC(C)(C)N1CC(C(F)(F)CC(=O)O)C1. The highest BCUT2D eigenvalue weighted by molar-refractivity contribution is 5.67. The molecule has 88 valence electrons. The van der Waals surface area contributed by atoms with Crippen LogP contribution < -0.4 is 0 Å². The lowest BCUT2D eigenvalue weighted by Crippen LogP contribution is -2.61. The van der Waals surface area contributed by atoms with Crippen LogP contribution in [-0.2, 0) is 4.79 Å². The molecule has 1 rings (SSSR count). The van der Waals surface area contributed by atoms with Gasteiger partial charge in [0.05, 0.1) is 0 Å². The Morgan fingerprint density at radius 1 is 1.40 bits per heavy atom. The smallest absolute Gasteiger partial charge is 0.309 e. The molecule has 1 saturated heterocycles. The van der Waals surface area contributed by atoms with Gasteiger partial charge in [-0.25, -0.2) is 8.78 Å². The molecule has 1 heterocycles. The number of hydrogen-bond donors (Lipinski definition) is 1. The summed E-state index contributed by atoms with van der Waals surface area (Å²) in [6.07, 6.45) is -1.06. The van der Waals surface area contributed by atoms with Crippen LogP contribution in [0.5, 0.6) is 0 Å². The maximum absolute atomic E-state index is 13.3. The van der Waals surface area contributed by atoms with Gasteiger partial charge in [0.2, 0.25) is 0 Å². The van der Waals surface area contributed by atoms with E-state index in [-0.39, 0.29) is 18.6 Å². The van der Waals surface area contributed by atoms with Crippen LogP contribution in [0.1, 0.15) is 27.2 Å². The zero-order valence-electron chi connectivity index (χ0n) is 9.26. The van der Waals surface area contributed by atoms with E-state index in [1.807, 2.05) is 25.7 Å². The molecule has 1 fully saturated rings. The molecule has 0 aromatic heterocycles. The molecular formula is C10H17F2NO2. The first-order valence-corrected chi connectivity index (χ1v) is 4.97. The first-order valence-electron chi connectivity index (χ1n) is 4.97. The minimum absolute atomic E-state index is 0.115. The monoisotopic (exact) mass is 221 g/mol. The highest BCUT2D eigenvalue weighted by Gasteiger charge is 2.49. The molecule has 1 aliphatic rings. The molecule has 0 aliphatic carbocycles. The van der Waals surface area contributed by atoms with Crippen molar-refractivity contribution in [2.45, 2.75) is 38.7 Å². The number of aliphatic carboxylic acids is 1. The number of hydrogen-bond acceptors (Lipinski definition) is 2. The third-order valence-electron chi connectivity index (χ3n) is 2.81. The Labute approximate surface area is 88.1 Å². The highest BCUT2D eigenvalue weighted by atomic mass is 19.3. The fourth-order valence-corrected chi connectivity index (χ4v) is 1.64. The van der Waals surface area contributed by atoms with Crippen LogP contribution in [-0.4, -0.2) is 40.5 Å². The lowest BCUT2D eigenvalue weighted by molar-refractivity contribution is -0.164. The van der Waals surface area contributed by atoms with Gasteiger partial charge in [-0.3, -0.25) is 9.69 Å². The Morgan fingerprint density at radius 2 is 1.87 bits per heavy atom. The van der Waals surface area contributed by atoms with Gasteiger partial charge >= 0.3 is 5.97 Å². The van der Waals surface area contributed by atoms with Gasteiger partial charge in [-0.1, -0.05) is 0 Å². The Morgan fingerprint density at radius 3 is 2.20 bits per heavy atom. The average Bonchev–Trinajstić information content (AvgIpc) is 1.71. The van der Waals surface area contributed by atoms with Gasteiger partial charge in [0.1, 0.15) is 6.42 Å². The fourth-order valence-electron chi connectivity index (χ4n) is 1.64. The van der Waals surface area contributed by atoms with E-state index >= 15 is 0 Å². The molecule has 0 saturated carbocycles. The largest absolute Gasteiger partial charge is 0.481 e. The molecule has 0 unspecified atom stereocenters. The van der Waals surface area contributed by atoms with E-state index in [0.717, 1.165) is 0 Å². The lowest BCUT2D eigenvalue weighted by atomic mass is 9.86. The normalized spacial score (nSPS) is 20.1. The number of carbonyl (C=O) groups is 1. The van der Waals surface area contributed by atoms with Crippen molar-refractivity contribution in [3.05, 3.63) is 0 Å². The van der Waals surface area contributed by atoms with Gasteiger partial charge < -0.3 is 5.11 Å². The van der Waals surface area contributed by atoms with E-state index in [2.05, 4.69) is 0 Å². The number of halogens is 2. The van der Waals surface area contributed by atoms with Gasteiger partial charge in [-0.05, 0) is 20.8 Å². The molecular weight excluding hydrogens is 204 g/mol. The fraction of sp³-hybridized carbons (Fsp3) is 0.900. The van der Waals surface area contributed by atoms with Crippen LogP contribution in [0.25, 0.3) is 0 Å². The van der Waals surface area contributed by atoms with Crippen molar-refractivity contribution < 1.29 is 18.7 Å². The van der Waals surface area contributed by atoms with E-state index in [1.54, 1.807) is 0 Å². The van der Waals surface area contributed by atoms with E-state index in [9.17, 15) is 13.6 Å². The molecule has 0 atom stereocenters. The Bertz CT molecular complexity index is 255. The summed E-state index contributed by atoms with van der Waals surface area (Å²) in [7, 11) is 0. The van der Waals surface area contributed by atoms with Crippen molar-refractivity contribution in [1.82, 2.24) is 4.90 Å². The number of carboxylic acids is 1. The quantitative estimate of drug-likeness (QED) is 0.790. The van der Waals surface area contributed by atoms with E-state index in [0.29, 0.717) is 0 Å². The molecule has 5 heteroatoms. The minimum atomic E-state index is -3.08. The molecule has 1 aliphatic heterocycles. The van der Waals surface area contributed by atoms with Crippen LogP contribution in [0.4, 0.5) is 8.78 Å². The van der Waals surface area contributed by atoms with Crippen LogP contribution in [0.3, 0.4) is 0 Å². The van der Waals surface area contributed by atoms with Crippen LogP contribution in [0.2, 0.25) is 0 Å². The highest BCUT2D eigenvalue weighted by Crippen LogP contribution is 2.37. The van der Waals surface area contributed by atoms with Crippen molar-refractivity contribution in [2.24, 2.45) is 5.92 Å². The molecule has 0 bridgehead atoms. The number of carboxylic acid groups (broad SMARTS) is 1. The molecule has 0 spiro atoms. The summed E-state index contributed by atoms with van der Waals surface area (Å²) in [5.74, 6) is -5.32. The summed E-state index contributed by atoms with van der Waals surface area (Å²) < 4.78 is 26.5. The Kier molecular flexibility index (Phi) is 3.05. The molecule has 0 aromatic carbocycles. The maximum Gasteiger partial charge on any atom is 0.309 e. The molecule has 1 N–H and O–H groups in total. The number of alkyl halides is 2.